The number of ether oxygens (including phenoxy) is 1. The Labute approximate surface area is 207 Å². The second-order valence-corrected chi connectivity index (χ2v) is 9.69. The number of anilines is 1. The number of carbonyl (C=O) groups is 1. The van der Waals surface area contributed by atoms with Gasteiger partial charge in [-0.25, -0.2) is 0 Å². The lowest BCUT2D eigenvalue weighted by Crippen LogP contribution is -2.41. The Balaban J connectivity index is 1.49. The molecule has 3 atom stereocenters. The summed E-state index contributed by atoms with van der Waals surface area (Å²) in [4.78, 5) is 16.4. The lowest BCUT2D eigenvalue weighted by atomic mass is 9.82. The zero-order valence-corrected chi connectivity index (χ0v) is 20.6. The zero-order chi connectivity index (χ0) is 24.5. The van der Waals surface area contributed by atoms with Crippen LogP contribution in [0.2, 0.25) is 0 Å². The van der Waals surface area contributed by atoms with Crippen LogP contribution in [0.4, 0.5) is 5.69 Å². The van der Waals surface area contributed by atoms with E-state index in [0.717, 1.165) is 42.1 Å². The smallest absolute Gasteiger partial charge is 0.253 e. The molecule has 35 heavy (non-hydrogen) atoms. The lowest BCUT2D eigenvalue weighted by Gasteiger charge is -2.39. The van der Waals surface area contributed by atoms with Crippen LogP contribution in [-0.4, -0.2) is 61.2 Å². The van der Waals surface area contributed by atoms with E-state index in [2.05, 4.69) is 40.5 Å². The highest BCUT2D eigenvalue weighted by Crippen LogP contribution is 2.48. The van der Waals surface area contributed by atoms with E-state index in [1.165, 1.54) is 11.1 Å². The molecule has 1 fully saturated rings. The summed E-state index contributed by atoms with van der Waals surface area (Å²) in [6.45, 7) is 1.89. The largest absolute Gasteiger partial charge is 0.496 e. The number of para-hydroxylation sites is 1. The molecule has 182 valence electrons. The van der Waals surface area contributed by atoms with Crippen molar-refractivity contribution in [2.75, 3.05) is 39.7 Å². The molecule has 3 aromatic rings. The van der Waals surface area contributed by atoms with Gasteiger partial charge < -0.3 is 20.1 Å². The van der Waals surface area contributed by atoms with Crippen molar-refractivity contribution >= 4 is 11.6 Å². The van der Waals surface area contributed by atoms with Gasteiger partial charge in [0.25, 0.3) is 5.91 Å². The number of amides is 1. The van der Waals surface area contributed by atoms with Crippen LogP contribution in [0.3, 0.4) is 0 Å². The number of hydrogen-bond donors (Lipinski definition) is 2. The fourth-order valence-corrected chi connectivity index (χ4v) is 5.63. The summed E-state index contributed by atoms with van der Waals surface area (Å²) < 4.78 is 5.62. The number of benzene rings is 3. The number of hydrogen-bond acceptors (Lipinski definition) is 5. The number of rotatable bonds is 6. The number of aliphatic hydroxyl groups excluding tert-OH is 1. The maximum absolute atomic E-state index is 12.3. The van der Waals surface area contributed by atoms with E-state index in [1.54, 1.807) is 26.1 Å². The van der Waals surface area contributed by atoms with Crippen LogP contribution >= 0.6 is 0 Å². The van der Waals surface area contributed by atoms with Crippen molar-refractivity contribution in [3.63, 3.8) is 0 Å². The standard InChI is InChI=1S/C29H33N3O3/c1-31(2)29(34)20-10-8-19(9-11-20)21-12-13-25-24(16-21)28-23(26(18-33)30-25)14-15-32(28)17-22-6-4-5-7-27(22)35-3/h4-13,16,23,26,28,30,33H,14-15,17-18H2,1-3H3/t23-,26-,28-/m0/s1. The summed E-state index contributed by atoms with van der Waals surface area (Å²) in [5.74, 6) is 1.24. The molecular formula is C29H33N3O3. The molecule has 0 radical (unpaired) electrons. The number of nitrogens with zero attached hydrogens (tertiary/aromatic N) is 2. The van der Waals surface area contributed by atoms with Crippen LogP contribution in [0.5, 0.6) is 5.75 Å². The molecule has 2 heterocycles. The van der Waals surface area contributed by atoms with E-state index < -0.39 is 0 Å². The molecule has 6 nitrogen and oxygen atoms in total. The molecule has 1 amide bonds. The highest BCUT2D eigenvalue weighted by Gasteiger charge is 2.44. The van der Waals surface area contributed by atoms with Gasteiger partial charge in [0, 0.05) is 49.4 Å². The van der Waals surface area contributed by atoms with Gasteiger partial charge in [0.2, 0.25) is 0 Å². The summed E-state index contributed by atoms with van der Waals surface area (Å²) in [6.07, 6.45) is 1.03. The Hall–Kier alpha value is -3.35. The molecule has 5 rings (SSSR count). The predicted octanol–water partition coefficient (Wildman–Crippen LogP) is 4.41. The number of nitrogens with one attached hydrogen (secondary N) is 1. The normalized spacial score (nSPS) is 21.1. The SMILES string of the molecule is COc1ccccc1CN1CC[C@H]2[C@H](CO)Nc3ccc(-c4ccc(C(=O)N(C)C)cc4)cc3[C@H]21. The number of methoxy groups -OCH3 is 1. The van der Waals surface area contributed by atoms with Crippen LogP contribution in [0.15, 0.2) is 66.7 Å². The van der Waals surface area contributed by atoms with Gasteiger partial charge in [-0.1, -0.05) is 36.4 Å². The van der Waals surface area contributed by atoms with Crippen molar-refractivity contribution in [3.8, 4) is 16.9 Å². The average molecular weight is 472 g/mol. The minimum absolute atomic E-state index is 0.00187. The fraction of sp³-hybridized carbons (Fsp3) is 0.345. The second kappa shape index (κ2) is 9.72. The van der Waals surface area contributed by atoms with Gasteiger partial charge in [0.1, 0.15) is 5.75 Å². The van der Waals surface area contributed by atoms with E-state index in [0.29, 0.717) is 11.5 Å². The fourth-order valence-electron chi connectivity index (χ4n) is 5.63. The molecule has 2 N–H and O–H groups in total. The third-order valence-corrected chi connectivity index (χ3v) is 7.41. The van der Waals surface area contributed by atoms with Crippen LogP contribution in [0.1, 0.15) is 33.9 Å². The maximum atomic E-state index is 12.3. The highest BCUT2D eigenvalue weighted by atomic mass is 16.5. The number of fused-ring (bicyclic) bond motifs is 3. The van der Waals surface area contributed by atoms with Crippen molar-refractivity contribution in [2.24, 2.45) is 5.92 Å². The van der Waals surface area contributed by atoms with Gasteiger partial charge in [-0.05, 0) is 60.0 Å². The summed E-state index contributed by atoms with van der Waals surface area (Å²) in [6, 6.07) is 22.8. The monoisotopic (exact) mass is 471 g/mol. The zero-order valence-electron chi connectivity index (χ0n) is 20.6. The van der Waals surface area contributed by atoms with E-state index in [-0.39, 0.29) is 24.6 Å². The average Bonchev–Trinajstić information content (AvgIpc) is 3.32. The van der Waals surface area contributed by atoms with Gasteiger partial charge in [0.05, 0.1) is 19.8 Å². The molecule has 0 spiro atoms. The molecule has 3 aromatic carbocycles. The Morgan fingerprint density at radius 1 is 1.09 bits per heavy atom. The first kappa shape index (κ1) is 23.4. The van der Waals surface area contributed by atoms with Crippen molar-refractivity contribution in [1.29, 1.82) is 0 Å². The first-order chi connectivity index (χ1) is 17.0. The molecule has 0 unspecified atom stereocenters. The van der Waals surface area contributed by atoms with E-state index >= 15 is 0 Å². The summed E-state index contributed by atoms with van der Waals surface area (Å²) in [7, 11) is 5.25. The lowest BCUT2D eigenvalue weighted by molar-refractivity contribution is 0.0827. The van der Waals surface area contributed by atoms with Crippen molar-refractivity contribution in [2.45, 2.75) is 25.0 Å². The number of likely N-dealkylation sites (tertiary alicyclic amines) is 1. The first-order valence-electron chi connectivity index (χ1n) is 12.2. The Bertz CT molecular complexity index is 1210. The number of aliphatic hydroxyl groups is 1. The molecule has 0 bridgehead atoms. The van der Waals surface area contributed by atoms with Gasteiger partial charge in [-0.2, -0.15) is 0 Å². The summed E-state index contributed by atoms with van der Waals surface area (Å²) in [5, 5.41) is 13.7. The molecule has 0 aliphatic carbocycles. The molecule has 0 aromatic heterocycles. The minimum Gasteiger partial charge on any atom is -0.496 e. The van der Waals surface area contributed by atoms with Gasteiger partial charge in [0.15, 0.2) is 0 Å². The van der Waals surface area contributed by atoms with Crippen LogP contribution < -0.4 is 10.1 Å². The van der Waals surface area contributed by atoms with Crippen molar-refractivity contribution < 1.29 is 14.6 Å². The third-order valence-electron chi connectivity index (χ3n) is 7.41. The Morgan fingerprint density at radius 3 is 2.54 bits per heavy atom. The van der Waals surface area contributed by atoms with E-state index in [1.807, 2.05) is 36.4 Å². The van der Waals surface area contributed by atoms with Crippen LogP contribution in [-0.2, 0) is 6.54 Å². The predicted molar refractivity (Wildman–Crippen MR) is 139 cm³/mol. The van der Waals surface area contributed by atoms with Crippen LogP contribution in [0, 0.1) is 5.92 Å². The van der Waals surface area contributed by atoms with Gasteiger partial charge in [-0.3, -0.25) is 9.69 Å². The first-order valence-corrected chi connectivity index (χ1v) is 12.2. The maximum Gasteiger partial charge on any atom is 0.253 e. The number of carbonyl (C=O) groups excluding carboxylic acids is 1. The quantitative estimate of drug-likeness (QED) is 0.558. The third kappa shape index (κ3) is 4.40. The Morgan fingerprint density at radius 2 is 1.83 bits per heavy atom. The van der Waals surface area contributed by atoms with Crippen molar-refractivity contribution in [3.05, 3.63) is 83.4 Å². The highest BCUT2D eigenvalue weighted by molar-refractivity contribution is 5.94. The molecule has 2 aliphatic rings. The molecule has 2 aliphatic heterocycles. The van der Waals surface area contributed by atoms with E-state index in [9.17, 15) is 9.90 Å². The van der Waals surface area contributed by atoms with Crippen LogP contribution in [0.25, 0.3) is 11.1 Å². The molecule has 0 saturated carbocycles. The van der Waals surface area contributed by atoms with E-state index in [4.69, 9.17) is 4.74 Å². The second-order valence-electron chi connectivity index (χ2n) is 9.69. The molecule has 6 heteroatoms. The van der Waals surface area contributed by atoms with Gasteiger partial charge in [-0.15, -0.1) is 0 Å². The molecular weight excluding hydrogens is 438 g/mol. The summed E-state index contributed by atoms with van der Waals surface area (Å²) in [5.41, 5.74) is 6.41. The molecule has 1 saturated heterocycles. The van der Waals surface area contributed by atoms with Gasteiger partial charge >= 0.3 is 0 Å². The van der Waals surface area contributed by atoms with Crippen molar-refractivity contribution in [1.82, 2.24) is 9.80 Å². The minimum atomic E-state index is 0.00187. The topological polar surface area (TPSA) is 65.0 Å². The Kier molecular flexibility index (Phi) is 6.50. The summed E-state index contributed by atoms with van der Waals surface area (Å²) >= 11 is 0.